The molecule has 0 spiro atoms. The minimum atomic E-state index is -0.535. The molecule has 1 N–H and O–H groups in total. The van der Waals surface area contributed by atoms with E-state index in [1.54, 1.807) is 49.4 Å². The van der Waals surface area contributed by atoms with Gasteiger partial charge in [-0.25, -0.2) is 4.39 Å². The predicted molar refractivity (Wildman–Crippen MR) is 112 cm³/mol. The summed E-state index contributed by atoms with van der Waals surface area (Å²) in [6.45, 7) is 1.73. The topological polar surface area (TPSA) is 46.2 Å². The van der Waals surface area contributed by atoms with E-state index in [9.17, 15) is 14.0 Å². The molecular formula is C22H17FINO2. The van der Waals surface area contributed by atoms with Crippen LogP contribution in [0.2, 0.25) is 0 Å². The molecule has 3 aromatic rings. The molecule has 0 aliphatic carbocycles. The highest BCUT2D eigenvalue weighted by Crippen LogP contribution is 2.22. The standard InChI is InChI=1S/C22H17FINO2/c1-14(22(27)25-20-11-10-18(24)13-19(20)23)16-8-5-9-17(12-16)21(26)15-6-3-2-4-7-15/h2-14H,1H3,(H,25,27)/t14-/m0/s1. The Hall–Kier alpha value is -2.54. The van der Waals surface area contributed by atoms with Crippen LogP contribution >= 0.6 is 22.6 Å². The van der Waals surface area contributed by atoms with Crippen molar-refractivity contribution in [2.45, 2.75) is 12.8 Å². The van der Waals surface area contributed by atoms with Crippen molar-refractivity contribution in [2.75, 3.05) is 5.32 Å². The van der Waals surface area contributed by atoms with Crippen LogP contribution in [-0.2, 0) is 4.79 Å². The number of carbonyl (C=O) groups is 2. The van der Waals surface area contributed by atoms with E-state index in [2.05, 4.69) is 5.32 Å². The van der Waals surface area contributed by atoms with Gasteiger partial charge in [0, 0.05) is 14.7 Å². The van der Waals surface area contributed by atoms with E-state index in [-0.39, 0.29) is 17.4 Å². The molecule has 27 heavy (non-hydrogen) atoms. The Bertz CT molecular complexity index is 989. The van der Waals surface area contributed by atoms with Crippen LogP contribution in [0, 0.1) is 9.39 Å². The first-order chi connectivity index (χ1) is 13.0. The van der Waals surface area contributed by atoms with Gasteiger partial charge in [0.2, 0.25) is 5.91 Å². The average molecular weight is 473 g/mol. The maximum Gasteiger partial charge on any atom is 0.231 e. The Kier molecular flexibility index (Phi) is 6.01. The molecule has 3 aromatic carbocycles. The van der Waals surface area contributed by atoms with Gasteiger partial charge >= 0.3 is 0 Å². The van der Waals surface area contributed by atoms with E-state index < -0.39 is 11.7 Å². The van der Waals surface area contributed by atoms with E-state index in [0.717, 1.165) is 3.57 Å². The largest absolute Gasteiger partial charge is 0.323 e. The second-order valence-corrected chi connectivity index (χ2v) is 7.40. The monoisotopic (exact) mass is 473 g/mol. The lowest BCUT2D eigenvalue weighted by atomic mass is 9.95. The number of nitrogens with one attached hydrogen (secondary N) is 1. The molecule has 0 radical (unpaired) electrons. The van der Waals surface area contributed by atoms with Crippen LogP contribution in [0.3, 0.4) is 0 Å². The SMILES string of the molecule is C[C@H](C(=O)Nc1ccc(I)cc1F)c1cccc(C(=O)c2ccccc2)c1. The Morgan fingerprint density at radius 1 is 0.926 bits per heavy atom. The van der Waals surface area contributed by atoms with Gasteiger partial charge < -0.3 is 5.32 Å². The fourth-order valence-electron chi connectivity index (χ4n) is 2.69. The van der Waals surface area contributed by atoms with Crippen LogP contribution in [0.1, 0.15) is 34.3 Å². The van der Waals surface area contributed by atoms with Crippen LogP contribution in [0.15, 0.2) is 72.8 Å². The molecule has 1 atom stereocenters. The summed E-state index contributed by atoms with van der Waals surface area (Å²) in [5.41, 5.74) is 1.94. The zero-order valence-electron chi connectivity index (χ0n) is 14.6. The fraction of sp³-hybridized carbons (Fsp3) is 0.0909. The van der Waals surface area contributed by atoms with Crippen molar-refractivity contribution in [3.05, 3.63) is 98.9 Å². The summed E-state index contributed by atoms with van der Waals surface area (Å²) in [5, 5.41) is 2.61. The summed E-state index contributed by atoms with van der Waals surface area (Å²) >= 11 is 2.01. The Labute approximate surface area is 170 Å². The van der Waals surface area contributed by atoms with Crippen LogP contribution in [0.4, 0.5) is 10.1 Å². The molecule has 136 valence electrons. The van der Waals surface area contributed by atoms with Gasteiger partial charge in [0.25, 0.3) is 0 Å². The first kappa shape index (κ1) is 19.2. The van der Waals surface area contributed by atoms with Gasteiger partial charge in [0.05, 0.1) is 11.6 Å². The van der Waals surface area contributed by atoms with Gasteiger partial charge in [0.15, 0.2) is 5.78 Å². The maximum atomic E-state index is 14.0. The summed E-state index contributed by atoms with van der Waals surface area (Å²) in [7, 11) is 0. The Balaban J connectivity index is 1.79. The van der Waals surface area contributed by atoms with Crippen molar-refractivity contribution >= 4 is 40.0 Å². The lowest BCUT2D eigenvalue weighted by molar-refractivity contribution is -0.117. The van der Waals surface area contributed by atoms with Crippen molar-refractivity contribution in [2.24, 2.45) is 0 Å². The number of hydrogen-bond donors (Lipinski definition) is 1. The first-order valence-electron chi connectivity index (χ1n) is 8.41. The molecule has 0 aliphatic rings. The number of hydrogen-bond acceptors (Lipinski definition) is 2. The maximum absolute atomic E-state index is 14.0. The van der Waals surface area contributed by atoms with Gasteiger partial charge in [-0.15, -0.1) is 0 Å². The zero-order chi connectivity index (χ0) is 19.4. The molecule has 1 amide bonds. The first-order valence-corrected chi connectivity index (χ1v) is 9.49. The van der Waals surface area contributed by atoms with Gasteiger partial charge in [-0.2, -0.15) is 0 Å². The predicted octanol–water partition coefficient (Wildman–Crippen LogP) is 5.40. The highest BCUT2D eigenvalue weighted by atomic mass is 127. The smallest absolute Gasteiger partial charge is 0.231 e. The summed E-state index contributed by atoms with van der Waals surface area (Å²) in [4.78, 5) is 25.1. The highest BCUT2D eigenvalue weighted by molar-refractivity contribution is 14.1. The Morgan fingerprint density at radius 3 is 2.33 bits per heavy atom. The van der Waals surface area contributed by atoms with Crippen LogP contribution in [-0.4, -0.2) is 11.7 Å². The average Bonchev–Trinajstić information content (AvgIpc) is 2.69. The second kappa shape index (κ2) is 8.43. The lowest BCUT2D eigenvalue weighted by Crippen LogP contribution is -2.20. The zero-order valence-corrected chi connectivity index (χ0v) is 16.7. The van der Waals surface area contributed by atoms with Crippen LogP contribution in [0.5, 0.6) is 0 Å². The van der Waals surface area contributed by atoms with Crippen molar-refractivity contribution in [1.82, 2.24) is 0 Å². The lowest BCUT2D eigenvalue weighted by Gasteiger charge is -2.14. The number of benzene rings is 3. The molecule has 0 aromatic heterocycles. The van der Waals surface area contributed by atoms with Gasteiger partial charge in [-0.1, -0.05) is 48.5 Å². The van der Waals surface area contributed by atoms with E-state index in [1.807, 2.05) is 40.8 Å². The summed E-state index contributed by atoms with van der Waals surface area (Å²) < 4.78 is 14.7. The third-order valence-corrected chi connectivity index (χ3v) is 4.94. The van der Waals surface area contributed by atoms with Crippen LogP contribution < -0.4 is 5.32 Å². The number of anilines is 1. The van der Waals surface area contributed by atoms with E-state index in [1.165, 1.54) is 12.1 Å². The minimum Gasteiger partial charge on any atom is -0.323 e. The molecule has 0 heterocycles. The van der Waals surface area contributed by atoms with Crippen molar-refractivity contribution < 1.29 is 14.0 Å². The number of amides is 1. The highest BCUT2D eigenvalue weighted by Gasteiger charge is 2.18. The minimum absolute atomic E-state index is 0.103. The molecule has 0 saturated carbocycles. The molecule has 5 heteroatoms. The number of halogens is 2. The number of ketones is 1. The van der Waals surface area contributed by atoms with E-state index in [4.69, 9.17) is 0 Å². The number of rotatable bonds is 5. The quantitative estimate of drug-likeness (QED) is 0.398. The van der Waals surface area contributed by atoms with Gasteiger partial charge in [-0.3, -0.25) is 9.59 Å². The van der Waals surface area contributed by atoms with Gasteiger partial charge in [-0.05, 0) is 59.3 Å². The molecule has 3 rings (SSSR count). The van der Waals surface area contributed by atoms with Crippen LogP contribution in [0.25, 0.3) is 0 Å². The second-order valence-electron chi connectivity index (χ2n) is 6.16. The van der Waals surface area contributed by atoms with Crippen molar-refractivity contribution in [1.29, 1.82) is 0 Å². The van der Waals surface area contributed by atoms with Crippen molar-refractivity contribution in [3.8, 4) is 0 Å². The van der Waals surface area contributed by atoms with Gasteiger partial charge in [0.1, 0.15) is 5.82 Å². The number of carbonyl (C=O) groups excluding carboxylic acids is 2. The molecule has 0 saturated heterocycles. The summed E-state index contributed by atoms with van der Waals surface area (Å²) in [6, 6.07) is 20.6. The normalized spacial score (nSPS) is 11.7. The molecule has 0 fully saturated rings. The Morgan fingerprint density at radius 2 is 1.63 bits per heavy atom. The summed E-state index contributed by atoms with van der Waals surface area (Å²) in [6.07, 6.45) is 0. The molecule has 0 bridgehead atoms. The third kappa shape index (κ3) is 4.60. The molecule has 0 unspecified atom stereocenters. The van der Waals surface area contributed by atoms with E-state index in [0.29, 0.717) is 16.7 Å². The molecular weight excluding hydrogens is 456 g/mol. The van der Waals surface area contributed by atoms with E-state index >= 15 is 0 Å². The molecule has 3 nitrogen and oxygen atoms in total. The van der Waals surface area contributed by atoms with Crippen molar-refractivity contribution in [3.63, 3.8) is 0 Å². The fourth-order valence-corrected chi connectivity index (χ4v) is 3.14. The summed E-state index contributed by atoms with van der Waals surface area (Å²) in [5.74, 6) is -1.45. The molecule has 0 aliphatic heterocycles. The third-order valence-electron chi connectivity index (χ3n) is 4.27.